The number of benzene rings is 1. The summed E-state index contributed by atoms with van der Waals surface area (Å²) < 4.78 is 11.4. The van der Waals surface area contributed by atoms with Crippen LogP contribution in [-0.2, 0) is 0 Å². The number of rotatable bonds is 3. The van der Waals surface area contributed by atoms with E-state index in [-0.39, 0.29) is 11.6 Å². The van der Waals surface area contributed by atoms with E-state index >= 15 is 0 Å². The Balaban J connectivity index is 2.34. The number of anilines is 1. The molecule has 19 heavy (non-hydrogen) atoms. The zero-order chi connectivity index (χ0) is 13.8. The fourth-order valence-electron chi connectivity index (χ4n) is 1.43. The van der Waals surface area contributed by atoms with Crippen molar-refractivity contribution in [1.82, 2.24) is 4.98 Å². The highest BCUT2D eigenvalue weighted by atomic mass is 79.9. The van der Waals surface area contributed by atoms with E-state index in [1.54, 1.807) is 25.3 Å². The van der Waals surface area contributed by atoms with E-state index < -0.39 is 0 Å². The van der Waals surface area contributed by atoms with Crippen LogP contribution in [-0.4, -0.2) is 12.1 Å². The van der Waals surface area contributed by atoms with E-state index in [4.69, 9.17) is 20.5 Å². The summed E-state index contributed by atoms with van der Waals surface area (Å²) in [6.07, 6.45) is 1.47. The molecule has 6 heteroatoms. The highest BCUT2D eigenvalue weighted by molar-refractivity contribution is 9.10. The minimum atomic E-state index is 0.199. The first-order valence-electron chi connectivity index (χ1n) is 5.31. The predicted octanol–water partition coefficient (Wildman–Crippen LogP) is 3.10. The summed E-state index contributed by atoms with van der Waals surface area (Å²) >= 11 is 3.37. The fraction of sp³-hybridized carbons (Fsp3) is 0.0769. The molecule has 1 aromatic carbocycles. The quantitative estimate of drug-likeness (QED) is 0.940. The molecule has 2 rings (SSSR count). The Morgan fingerprint density at radius 2 is 2.16 bits per heavy atom. The third-order valence-electron chi connectivity index (χ3n) is 2.42. The van der Waals surface area contributed by atoms with Crippen molar-refractivity contribution in [2.45, 2.75) is 0 Å². The van der Waals surface area contributed by atoms with Crippen LogP contribution >= 0.6 is 15.9 Å². The van der Waals surface area contributed by atoms with Crippen LogP contribution in [0.15, 0.2) is 34.9 Å². The molecule has 0 unspecified atom stereocenters. The minimum absolute atomic E-state index is 0.199. The summed E-state index contributed by atoms with van der Waals surface area (Å²) in [5.41, 5.74) is 6.34. The minimum Gasteiger partial charge on any atom is -0.497 e. The standard InChI is InChI=1S/C13H10BrN3O2/c1-18-9-2-3-11(10(14)6-9)19-13-12(16)8(7-15)4-5-17-13/h2-6H,16H2,1H3. The maximum Gasteiger partial charge on any atom is 0.244 e. The van der Waals surface area contributed by atoms with Crippen LogP contribution in [0, 0.1) is 11.3 Å². The average molecular weight is 320 g/mol. The van der Waals surface area contributed by atoms with Gasteiger partial charge in [0.15, 0.2) is 0 Å². The van der Waals surface area contributed by atoms with Crippen molar-refractivity contribution in [2.75, 3.05) is 12.8 Å². The molecule has 0 saturated carbocycles. The number of hydrogen-bond donors (Lipinski definition) is 1. The molecule has 2 N–H and O–H groups in total. The van der Waals surface area contributed by atoms with Crippen LogP contribution < -0.4 is 15.2 Å². The summed E-state index contributed by atoms with van der Waals surface area (Å²) in [6.45, 7) is 0. The van der Waals surface area contributed by atoms with Gasteiger partial charge < -0.3 is 15.2 Å². The first-order chi connectivity index (χ1) is 9.15. The normalized spacial score (nSPS) is 9.74. The summed E-state index contributed by atoms with van der Waals surface area (Å²) in [5, 5.41) is 8.89. The lowest BCUT2D eigenvalue weighted by molar-refractivity contribution is 0.411. The number of pyridine rings is 1. The lowest BCUT2D eigenvalue weighted by Crippen LogP contribution is -1.98. The van der Waals surface area contributed by atoms with Gasteiger partial charge >= 0.3 is 0 Å². The number of nitriles is 1. The molecule has 0 aliphatic heterocycles. The number of ether oxygens (including phenoxy) is 2. The molecule has 2 aromatic rings. The van der Waals surface area contributed by atoms with Gasteiger partial charge in [-0.1, -0.05) is 0 Å². The molecular formula is C13H10BrN3O2. The number of nitrogen functional groups attached to an aromatic ring is 1. The zero-order valence-electron chi connectivity index (χ0n) is 10.1. The number of nitrogens with two attached hydrogens (primary N) is 1. The smallest absolute Gasteiger partial charge is 0.244 e. The Kier molecular flexibility index (Phi) is 3.88. The summed E-state index contributed by atoms with van der Waals surface area (Å²) in [5.74, 6) is 1.44. The van der Waals surface area contributed by atoms with Gasteiger partial charge in [0, 0.05) is 6.20 Å². The van der Waals surface area contributed by atoms with Crippen molar-refractivity contribution in [3.05, 3.63) is 40.5 Å². The van der Waals surface area contributed by atoms with Crippen molar-refractivity contribution < 1.29 is 9.47 Å². The fourth-order valence-corrected chi connectivity index (χ4v) is 1.87. The first kappa shape index (κ1) is 13.2. The monoisotopic (exact) mass is 319 g/mol. The van der Waals surface area contributed by atoms with E-state index in [0.717, 1.165) is 0 Å². The van der Waals surface area contributed by atoms with Crippen molar-refractivity contribution in [2.24, 2.45) is 0 Å². The van der Waals surface area contributed by atoms with Crippen molar-refractivity contribution in [3.8, 4) is 23.4 Å². The number of nitrogens with zero attached hydrogens (tertiary/aromatic N) is 2. The Bertz CT molecular complexity index is 653. The first-order valence-corrected chi connectivity index (χ1v) is 6.11. The van der Waals surface area contributed by atoms with Crippen molar-refractivity contribution in [3.63, 3.8) is 0 Å². The van der Waals surface area contributed by atoms with Crippen LogP contribution in [0.25, 0.3) is 0 Å². The molecule has 0 saturated heterocycles. The van der Waals surface area contributed by atoms with Gasteiger partial charge in [0.1, 0.15) is 23.3 Å². The topological polar surface area (TPSA) is 81.2 Å². The zero-order valence-corrected chi connectivity index (χ0v) is 11.6. The molecule has 5 nitrogen and oxygen atoms in total. The van der Waals surface area contributed by atoms with Gasteiger partial charge in [0.25, 0.3) is 0 Å². The van der Waals surface area contributed by atoms with Gasteiger partial charge in [0.2, 0.25) is 5.88 Å². The Morgan fingerprint density at radius 3 is 2.79 bits per heavy atom. The highest BCUT2D eigenvalue weighted by Crippen LogP contribution is 2.34. The molecule has 0 radical (unpaired) electrons. The van der Waals surface area contributed by atoms with E-state index in [9.17, 15) is 0 Å². The molecule has 0 bridgehead atoms. The largest absolute Gasteiger partial charge is 0.497 e. The third-order valence-corrected chi connectivity index (χ3v) is 3.04. The second kappa shape index (κ2) is 5.59. The Labute approximate surface area is 118 Å². The Hall–Kier alpha value is -2.26. The van der Waals surface area contributed by atoms with Crippen LogP contribution in [0.5, 0.6) is 17.4 Å². The number of methoxy groups -OCH3 is 1. The second-order valence-electron chi connectivity index (χ2n) is 3.59. The lowest BCUT2D eigenvalue weighted by Gasteiger charge is -2.10. The molecular weight excluding hydrogens is 310 g/mol. The molecule has 1 heterocycles. The van der Waals surface area contributed by atoms with Crippen LogP contribution in [0.3, 0.4) is 0 Å². The van der Waals surface area contributed by atoms with Crippen LogP contribution in [0.4, 0.5) is 5.69 Å². The SMILES string of the molecule is COc1ccc(Oc2nccc(C#N)c2N)c(Br)c1. The van der Waals surface area contributed by atoms with Gasteiger partial charge in [-0.05, 0) is 40.2 Å². The van der Waals surface area contributed by atoms with Crippen LogP contribution in [0.1, 0.15) is 5.56 Å². The van der Waals surface area contributed by atoms with Crippen molar-refractivity contribution >= 4 is 21.6 Å². The average Bonchev–Trinajstić information content (AvgIpc) is 2.43. The molecule has 0 aliphatic carbocycles. The van der Waals surface area contributed by atoms with Gasteiger partial charge in [-0.2, -0.15) is 5.26 Å². The van der Waals surface area contributed by atoms with Gasteiger partial charge in [-0.15, -0.1) is 0 Å². The Morgan fingerprint density at radius 1 is 1.37 bits per heavy atom. The van der Waals surface area contributed by atoms with Gasteiger partial charge in [0.05, 0.1) is 17.1 Å². The third kappa shape index (κ3) is 2.77. The molecule has 0 fully saturated rings. The van der Waals surface area contributed by atoms with Gasteiger partial charge in [-0.3, -0.25) is 0 Å². The van der Waals surface area contributed by atoms with E-state index in [2.05, 4.69) is 20.9 Å². The van der Waals surface area contributed by atoms with Gasteiger partial charge in [-0.25, -0.2) is 4.98 Å². The number of aromatic nitrogens is 1. The maximum atomic E-state index is 8.89. The van der Waals surface area contributed by atoms with E-state index in [1.807, 2.05) is 6.07 Å². The second-order valence-corrected chi connectivity index (χ2v) is 4.44. The number of halogens is 1. The highest BCUT2D eigenvalue weighted by Gasteiger charge is 2.10. The summed E-state index contributed by atoms with van der Waals surface area (Å²) in [7, 11) is 1.58. The summed E-state index contributed by atoms with van der Waals surface area (Å²) in [4.78, 5) is 4.02. The number of hydrogen-bond acceptors (Lipinski definition) is 5. The lowest BCUT2D eigenvalue weighted by atomic mass is 10.2. The summed E-state index contributed by atoms with van der Waals surface area (Å²) in [6, 6.07) is 8.75. The molecule has 0 amide bonds. The van der Waals surface area contributed by atoms with Crippen molar-refractivity contribution in [1.29, 1.82) is 5.26 Å². The molecule has 0 aliphatic rings. The van der Waals surface area contributed by atoms with Crippen LogP contribution in [0.2, 0.25) is 0 Å². The molecule has 0 spiro atoms. The molecule has 0 atom stereocenters. The van der Waals surface area contributed by atoms with E-state index in [1.165, 1.54) is 12.3 Å². The molecule has 1 aromatic heterocycles. The predicted molar refractivity (Wildman–Crippen MR) is 74.1 cm³/mol. The van der Waals surface area contributed by atoms with E-state index in [0.29, 0.717) is 21.5 Å². The maximum absolute atomic E-state index is 8.89. The molecule has 96 valence electrons.